The van der Waals surface area contributed by atoms with Gasteiger partial charge in [-0.25, -0.2) is 8.42 Å². The molecule has 0 aliphatic carbocycles. The van der Waals surface area contributed by atoms with Crippen molar-refractivity contribution >= 4 is 44.2 Å². The molecule has 1 aromatic rings. The zero-order valence-corrected chi connectivity index (χ0v) is 10.6. The topological polar surface area (TPSA) is 133 Å². The van der Waals surface area contributed by atoms with Crippen molar-refractivity contribution in [1.29, 1.82) is 5.26 Å². The number of nitriles is 1. The van der Waals surface area contributed by atoms with Crippen molar-refractivity contribution in [3.63, 3.8) is 0 Å². The fraction of sp³-hybridized carbons (Fsp3) is 0.333. The van der Waals surface area contributed by atoms with E-state index in [1.165, 1.54) is 6.07 Å². The van der Waals surface area contributed by atoms with Gasteiger partial charge in [-0.15, -0.1) is 10.2 Å². The van der Waals surface area contributed by atoms with Crippen LogP contribution < -0.4 is 4.72 Å². The van der Waals surface area contributed by atoms with Gasteiger partial charge in [0.05, 0.1) is 11.8 Å². The van der Waals surface area contributed by atoms with E-state index in [9.17, 15) is 13.2 Å². The largest absolute Gasteiger partial charge is 0.481 e. The van der Waals surface area contributed by atoms with E-state index in [0.29, 0.717) is 4.34 Å². The molecule has 8 nitrogen and oxygen atoms in total. The first kappa shape index (κ1) is 13.7. The van der Waals surface area contributed by atoms with E-state index in [1.54, 1.807) is 0 Å². The van der Waals surface area contributed by atoms with E-state index < -0.39 is 21.7 Å². The van der Waals surface area contributed by atoms with Crippen molar-refractivity contribution in [2.24, 2.45) is 0 Å². The molecule has 0 radical (unpaired) electrons. The third-order valence-corrected chi connectivity index (χ3v) is 4.32. The van der Waals surface area contributed by atoms with Gasteiger partial charge in [0.15, 0.2) is 10.1 Å². The number of hydrogen-bond donors (Lipinski definition) is 2. The van der Waals surface area contributed by atoms with Crippen LogP contribution in [0.25, 0.3) is 0 Å². The number of aliphatic carboxylic acids is 1. The molecule has 1 rings (SSSR count). The monoisotopic (exact) mass is 294 g/mol. The number of nitrogens with one attached hydrogen (secondary N) is 1. The summed E-state index contributed by atoms with van der Waals surface area (Å²) < 4.78 is 24.8. The summed E-state index contributed by atoms with van der Waals surface area (Å²) in [5.74, 6) is -1.86. The molecule has 17 heavy (non-hydrogen) atoms. The van der Waals surface area contributed by atoms with Crippen molar-refractivity contribution in [3.8, 4) is 6.07 Å². The van der Waals surface area contributed by atoms with Crippen LogP contribution in [-0.2, 0) is 14.8 Å². The van der Waals surface area contributed by atoms with Gasteiger partial charge in [-0.3, -0.25) is 9.52 Å². The van der Waals surface area contributed by atoms with E-state index in [0.717, 1.165) is 23.1 Å². The normalized spacial score (nSPS) is 10.8. The summed E-state index contributed by atoms with van der Waals surface area (Å²) >= 11 is 1.84. The molecule has 0 amide bonds. The first-order valence-corrected chi connectivity index (χ1v) is 7.44. The molecule has 0 saturated heterocycles. The van der Waals surface area contributed by atoms with Gasteiger partial charge in [0.25, 0.3) is 0 Å². The molecule has 0 saturated carbocycles. The van der Waals surface area contributed by atoms with Crippen LogP contribution in [0.3, 0.4) is 0 Å². The zero-order chi connectivity index (χ0) is 12.9. The number of anilines is 1. The molecule has 92 valence electrons. The lowest BCUT2D eigenvalue weighted by atomic mass is 10.8. The average molecular weight is 294 g/mol. The molecule has 0 aliphatic heterocycles. The smallest absolute Gasteiger partial charge is 0.313 e. The number of sulfonamides is 1. The van der Waals surface area contributed by atoms with E-state index in [-0.39, 0.29) is 10.9 Å². The third-order valence-electron chi connectivity index (χ3n) is 1.22. The zero-order valence-electron chi connectivity index (χ0n) is 8.15. The van der Waals surface area contributed by atoms with Gasteiger partial charge in [-0.2, -0.15) is 5.26 Å². The molecule has 2 N–H and O–H groups in total. The summed E-state index contributed by atoms with van der Waals surface area (Å²) in [6, 6.07) is 1.50. The Kier molecular flexibility index (Phi) is 4.67. The average Bonchev–Trinajstić information content (AvgIpc) is 2.61. The maximum absolute atomic E-state index is 11.2. The SMILES string of the molecule is N#CCS(=O)(=O)Nc1nnc(SCC(=O)O)s1. The number of thioether (sulfide) groups is 1. The molecule has 0 fully saturated rings. The summed E-state index contributed by atoms with van der Waals surface area (Å²) in [4.78, 5) is 10.3. The Morgan fingerprint density at radius 1 is 1.59 bits per heavy atom. The fourth-order valence-electron chi connectivity index (χ4n) is 0.687. The number of nitrogens with zero attached hydrogens (tertiary/aromatic N) is 3. The van der Waals surface area contributed by atoms with Crippen LogP contribution in [-0.4, -0.2) is 41.2 Å². The Hall–Kier alpha value is -1.38. The first-order valence-electron chi connectivity index (χ1n) is 3.98. The van der Waals surface area contributed by atoms with Crippen LogP contribution >= 0.6 is 23.1 Å². The van der Waals surface area contributed by atoms with Gasteiger partial charge >= 0.3 is 5.97 Å². The lowest BCUT2D eigenvalue weighted by Crippen LogP contribution is -2.15. The van der Waals surface area contributed by atoms with Crippen LogP contribution in [0.2, 0.25) is 0 Å². The number of carboxylic acids is 1. The molecule has 0 spiro atoms. The lowest BCUT2D eigenvalue weighted by Gasteiger charge is -1.97. The van der Waals surface area contributed by atoms with Crippen LogP contribution in [0.1, 0.15) is 0 Å². The Morgan fingerprint density at radius 3 is 2.88 bits per heavy atom. The van der Waals surface area contributed by atoms with Gasteiger partial charge in [0, 0.05) is 0 Å². The minimum Gasteiger partial charge on any atom is -0.481 e. The lowest BCUT2D eigenvalue weighted by molar-refractivity contribution is -0.133. The third kappa shape index (κ3) is 4.98. The van der Waals surface area contributed by atoms with Crippen LogP contribution in [0.4, 0.5) is 5.13 Å². The van der Waals surface area contributed by atoms with Crippen molar-refractivity contribution in [2.75, 3.05) is 16.2 Å². The fourth-order valence-corrected chi connectivity index (χ4v) is 3.11. The quantitative estimate of drug-likeness (QED) is 0.699. The van der Waals surface area contributed by atoms with E-state index in [1.807, 2.05) is 0 Å². The second-order valence-electron chi connectivity index (χ2n) is 2.57. The number of aromatic nitrogens is 2. The highest BCUT2D eigenvalue weighted by atomic mass is 32.2. The molecule has 1 heterocycles. The molecule has 0 aromatic carbocycles. The molecule has 0 unspecified atom stereocenters. The minimum absolute atomic E-state index is 0.00754. The predicted octanol–water partition coefficient (Wildman–Crippen LogP) is -0.0199. The molecular formula is C6H6N4O4S3. The van der Waals surface area contributed by atoms with Crippen molar-refractivity contribution in [2.45, 2.75) is 4.34 Å². The highest BCUT2D eigenvalue weighted by Crippen LogP contribution is 2.25. The molecule has 0 aliphatic rings. The Labute approximate surface area is 105 Å². The molecule has 0 atom stereocenters. The molecule has 0 bridgehead atoms. The second kappa shape index (κ2) is 5.80. The van der Waals surface area contributed by atoms with Crippen molar-refractivity contribution in [3.05, 3.63) is 0 Å². The summed E-state index contributed by atoms with van der Waals surface area (Å²) in [6.45, 7) is 0. The maximum atomic E-state index is 11.2. The van der Waals surface area contributed by atoms with Gasteiger partial charge in [-0.05, 0) is 0 Å². The van der Waals surface area contributed by atoms with Crippen LogP contribution in [0.15, 0.2) is 4.34 Å². The van der Waals surface area contributed by atoms with E-state index in [4.69, 9.17) is 10.4 Å². The molecule has 11 heteroatoms. The number of carboxylic acid groups (broad SMARTS) is 1. The Bertz CT molecular complexity index is 546. The molecule has 1 aromatic heterocycles. The number of rotatable bonds is 6. The first-order chi connectivity index (χ1) is 7.93. The van der Waals surface area contributed by atoms with Gasteiger partial charge in [0.1, 0.15) is 0 Å². The predicted molar refractivity (Wildman–Crippen MR) is 61.3 cm³/mol. The summed E-state index contributed by atoms with van der Waals surface area (Å²) in [5.41, 5.74) is 0. The highest BCUT2D eigenvalue weighted by molar-refractivity contribution is 8.01. The van der Waals surface area contributed by atoms with E-state index in [2.05, 4.69) is 14.9 Å². The van der Waals surface area contributed by atoms with Crippen molar-refractivity contribution in [1.82, 2.24) is 10.2 Å². The number of carbonyl (C=O) groups is 1. The van der Waals surface area contributed by atoms with Gasteiger partial charge in [-0.1, -0.05) is 23.1 Å². The minimum atomic E-state index is -3.73. The standard InChI is InChI=1S/C6H6N4O4S3/c7-1-2-17(13,14)10-5-8-9-6(16-5)15-3-4(11)12/h2-3H2,(H,8,10)(H,11,12). The summed E-state index contributed by atoms with van der Waals surface area (Å²) in [7, 11) is -3.73. The number of hydrogen-bond acceptors (Lipinski definition) is 8. The van der Waals surface area contributed by atoms with Gasteiger partial charge in [0.2, 0.25) is 15.2 Å². The summed E-state index contributed by atoms with van der Waals surface area (Å²) in [6.07, 6.45) is 0. The highest BCUT2D eigenvalue weighted by Gasteiger charge is 2.14. The van der Waals surface area contributed by atoms with Gasteiger partial charge < -0.3 is 5.11 Å². The van der Waals surface area contributed by atoms with E-state index >= 15 is 0 Å². The summed E-state index contributed by atoms with van der Waals surface area (Å²) in [5, 5.41) is 23.8. The van der Waals surface area contributed by atoms with Crippen LogP contribution in [0, 0.1) is 11.3 Å². The maximum Gasteiger partial charge on any atom is 0.313 e. The van der Waals surface area contributed by atoms with Crippen molar-refractivity contribution < 1.29 is 18.3 Å². The van der Waals surface area contributed by atoms with Crippen LogP contribution in [0.5, 0.6) is 0 Å². The second-order valence-corrected chi connectivity index (χ2v) is 6.50. The Balaban J connectivity index is 2.63. The molecular weight excluding hydrogens is 288 g/mol. The Morgan fingerprint density at radius 2 is 2.29 bits per heavy atom.